The minimum absolute atomic E-state index is 0.0385. The Bertz CT molecular complexity index is 701. The molecule has 0 radical (unpaired) electrons. The van der Waals surface area contributed by atoms with E-state index in [0.717, 1.165) is 5.69 Å². The van der Waals surface area contributed by atoms with E-state index in [1.807, 2.05) is 0 Å². The zero-order valence-electron chi connectivity index (χ0n) is 13.5. The number of anilines is 2. The summed E-state index contributed by atoms with van der Waals surface area (Å²) < 4.78 is 10.1. The highest BCUT2D eigenvalue weighted by Gasteiger charge is 2.08. The highest BCUT2D eigenvalue weighted by molar-refractivity contribution is 6.02. The summed E-state index contributed by atoms with van der Waals surface area (Å²) in [4.78, 5) is 23.6. The Morgan fingerprint density at radius 3 is 2.29 bits per heavy atom. The molecule has 0 atom stereocenters. The van der Waals surface area contributed by atoms with Crippen LogP contribution in [0.4, 0.5) is 16.2 Å². The predicted octanol–water partition coefficient (Wildman–Crippen LogP) is 2.46. The van der Waals surface area contributed by atoms with Crippen LogP contribution in [0.1, 0.15) is 0 Å². The van der Waals surface area contributed by atoms with E-state index in [4.69, 9.17) is 9.47 Å². The highest BCUT2D eigenvalue weighted by atomic mass is 16.5. The molecule has 0 bridgehead atoms. The van der Waals surface area contributed by atoms with Gasteiger partial charge >= 0.3 is 6.03 Å². The molecule has 24 heavy (non-hydrogen) atoms. The quantitative estimate of drug-likeness (QED) is 0.757. The molecule has 2 aromatic carbocycles. The summed E-state index contributed by atoms with van der Waals surface area (Å²) in [5, 5.41) is 7.72. The number of benzene rings is 2. The summed E-state index contributed by atoms with van der Waals surface area (Å²) in [5.74, 6) is 0.904. The van der Waals surface area contributed by atoms with Gasteiger partial charge in [0.1, 0.15) is 11.5 Å². The Balaban J connectivity index is 1.79. The molecular formula is C17H19N3O4. The minimum Gasteiger partial charge on any atom is -0.497 e. The van der Waals surface area contributed by atoms with Crippen LogP contribution in [-0.4, -0.2) is 32.7 Å². The van der Waals surface area contributed by atoms with Gasteiger partial charge in [-0.15, -0.1) is 0 Å². The molecule has 7 nitrogen and oxygen atoms in total. The summed E-state index contributed by atoms with van der Waals surface area (Å²) in [6, 6.07) is 13.3. The maximum absolute atomic E-state index is 11.8. The number of hydrogen-bond acceptors (Lipinski definition) is 5. The molecule has 7 heteroatoms. The van der Waals surface area contributed by atoms with Gasteiger partial charge < -0.3 is 20.1 Å². The number of nitrogens with one attached hydrogen (secondary N) is 3. The Morgan fingerprint density at radius 2 is 1.62 bits per heavy atom. The van der Waals surface area contributed by atoms with Crippen LogP contribution in [0.15, 0.2) is 48.5 Å². The predicted molar refractivity (Wildman–Crippen MR) is 91.6 cm³/mol. The number of amides is 3. The zero-order chi connectivity index (χ0) is 17.4. The van der Waals surface area contributed by atoms with Crippen LogP contribution in [0.5, 0.6) is 11.5 Å². The van der Waals surface area contributed by atoms with Crippen LogP contribution in [0.2, 0.25) is 0 Å². The van der Waals surface area contributed by atoms with Gasteiger partial charge in [0.05, 0.1) is 20.8 Å². The average Bonchev–Trinajstić information content (AvgIpc) is 2.60. The fraction of sp³-hybridized carbons (Fsp3) is 0.176. The minimum atomic E-state index is -0.599. The van der Waals surface area contributed by atoms with E-state index in [9.17, 15) is 9.59 Å². The van der Waals surface area contributed by atoms with Crippen molar-refractivity contribution in [2.45, 2.75) is 0 Å². The first-order valence-corrected chi connectivity index (χ1v) is 7.23. The molecule has 2 rings (SSSR count). The Labute approximate surface area is 140 Å². The smallest absolute Gasteiger partial charge is 0.325 e. The van der Waals surface area contributed by atoms with E-state index in [0.29, 0.717) is 17.2 Å². The van der Waals surface area contributed by atoms with Crippen molar-refractivity contribution in [2.75, 3.05) is 31.4 Å². The van der Waals surface area contributed by atoms with Gasteiger partial charge in [-0.05, 0) is 36.4 Å². The van der Waals surface area contributed by atoms with E-state index < -0.39 is 11.9 Å². The summed E-state index contributed by atoms with van der Waals surface area (Å²) in [6.45, 7) is -0.0385. The van der Waals surface area contributed by atoms with E-state index in [1.165, 1.54) is 0 Å². The zero-order valence-corrected chi connectivity index (χ0v) is 13.5. The topological polar surface area (TPSA) is 88.7 Å². The summed E-state index contributed by atoms with van der Waals surface area (Å²) >= 11 is 0. The lowest BCUT2D eigenvalue weighted by atomic mass is 10.3. The molecule has 0 heterocycles. The van der Waals surface area contributed by atoms with Crippen LogP contribution < -0.4 is 25.4 Å². The SMILES string of the molecule is COc1ccc(NC(=O)NC(=O)CNc2cccc(OC)c2)cc1. The van der Waals surface area contributed by atoms with Crippen LogP contribution in [-0.2, 0) is 4.79 Å². The molecule has 0 aliphatic heterocycles. The van der Waals surface area contributed by atoms with Crippen molar-refractivity contribution in [3.8, 4) is 11.5 Å². The standard InChI is InChI=1S/C17H19N3O4/c1-23-14-8-6-12(7-9-14)19-17(22)20-16(21)11-18-13-4-3-5-15(10-13)24-2/h3-10,18H,11H2,1-2H3,(H2,19,20,21,22). The van der Waals surface area contributed by atoms with Crippen molar-refractivity contribution < 1.29 is 19.1 Å². The van der Waals surface area contributed by atoms with Crippen molar-refractivity contribution in [3.05, 3.63) is 48.5 Å². The van der Waals surface area contributed by atoms with Crippen molar-refractivity contribution in [1.82, 2.24) is 5.32 Å². The van der Waals surface area contributed by atoms with Gasteiger partial charge in [0.15, 0.2) is 0 Å². The molecule has 0 aromatic heterocycles. The first-order valence-electron chi connectivity index (χ1n) is 7.23. The third-order valence-corrected chi connectivity index (χ3v) is 3.12. The summed E-state index contributed by atoms with van der Waals surface area (Å²) in [7, 11) is 3.12. The third kappa shape index (κ3) is 5.20. The lowest BCUT2D eigenvalue weighted by Gasteiger charge is -2.09. The first-order chi connectivity index (χ1) is 11.6. The monoisotopic (exact) mass is 329 g/mol. The van der Waals surface area contributed by atoms with Gasteiger partial charge in [-0.25, -0.2) is 4.79 Å². The Hall–Kier alpha value is -3.22. The number of hydrogen-bond donors (Lipinski definition) is 3. The van der Waals surface area contributed by atoms with E-state index >= 15 is 0 Å². The number of carbonyl (C=O) groups excluding carboxylic acids is 2. The lowest BCUT2D eigenvalue weighted by molar-refractivity contribution is -0.118. The van der Waals surface area contributed by atoms with Gasteiger partial charge in [-0.2, -0.15) is 0 Å². The molecule has 0 fully saturated rings. The second-order valence-corrected chi connectivity index (χ2v) is 4.82. The Kier molecular flexibility index (Phi) is 6.01. The maximum Gasteiger partial charge on any atom is 0.325 e. The number of carbonyl (C=O) groups is 2. The fourth-order valence-electron chi connectivity index (χ4n) is 1.92. The summed E-state index contributed by atoms with van der Waals surface area (Å²) in [6.07, 6.45) is 0. The molecular weight excluding hydrogens is 310 g/mol. The average molecular weight is 329 g/mol. The number of ether oxygens (including phenoxy) is 2. The highest BCUT2D eigenvalue weighted by Crippen LogP contribution is 2.16. The molecule has 126 valence electrons. The molecule has 2 aromatic rings. The van der Waals surface area contributed by atoms with Crippen LogP contribution in [0.25, 0.3) is 0 Å². The van der Waals surface area contributed by atoms with E-state index in [-0.39, 0.29) is 6.54 Å². The van der Waals surface area contributed by atoms with Crippen LogP contribution in [0.3, 0.4) is 0 Å². The molecule has 0 saturated heterocycles. The second kappa shape index (κ2) is 8.42. The lowest BCUT2D eigenvalue weighted by Crippen LogP contribution is -2.37. The summed E-state index contributed by atoms with van der Waals surface area (Å²) in [5.41, 5.74) is 1.28. The molecule has 3 amide bonds. The molecule has 3 N–H and O–H groups in total. The van der Waals surface area contributed by atoms with Crippen molar-refractivity contribution in [1.29, 1.82) is 0 Å². The van der Waals surface area contributed by atoms with Gasteiger partial charge in [-0.1, -0.05) is 6.07 Å². The number of rotatable bonds is 6. The van der Waals surface area contributed by atoms with Crippen molar-refractivity contribution >= 4 is 23.3 Å². The van der Waals surface area contributed by atoms with Gasteiger partial charge in [0, 0.05) is 17.4 Å². The Morgan fingerprint density at radius 1 is 0.917 bits per heavy atom. The maximum atomic E-state index is 11.8. The fourth-order valence-corrected chi connectivity index (χ4v) is 1.92. The van der Waals surface area contributed by atoms with Gasteiger partial charge in [0.2, 0.25) is 5.91 Å². The number of methoxy groups -OCH3 is 2. The van der Waals surface area contributed by atoms with Crippen molar-refractivity contribution in [3.63, 3.8) is 0 Å². The number of urea groups is 1. The van der Waals surface area contributed by atoms with Crippen LogP contribution >= 0.6 is 0 Å². The van der Waals surface area contributed by atoms with E-state index in [2.05, 4.69) is 16.0 Å². The molecule has 0 unspecified atom stereocenters. The molecule has 0 aliphatic carbocycles. The van der Waals surface area contributed by atoms with Gasteiger partial charge in [-0.3, -0.25) is 10.1 Å². The largest absolute Gasteiger partial charge is 0.497 e. The first kappa shape index (κ1) is 17.1. The molecule has 0 spiro atoms. The van der Waals surface area contributed by atoms with Crippen molar-refractivity contribution in [2.24, 2.45) is 0 Å². The van der Waals surface area contributed by atoms with Crippen LogP contribution in [0, 0.1) is 0 Å². The number of imide groups is 1. The molecule has 0 saturated carbocycles. The second-order valence-electron chi connectivity index (χ2n) is 4.82. The molecule has 0 aliphatic rings. The normalized spacial score (nSPS) is 9.75. The third-order valence-electron chi connectivity index (χ3n) is 3.12. The van der Waals surface area contributed by atoms with E-state index in [1.54, 1.807) is 62.8 Å². The van der Waals surface area contributed by atoms with Gasteiger partial charge in [0.25, 0.3) is 0 Å².